The lowest BCUT2D eigenvalue weighted by molar-refractivity contribution is -0.141. The highest BCUT2D eigenvalue weighted by Crippen LogP contribution is 2.08. The maximum Gasteiger partial charge on any atom is 0.408 e. The van der Waals surface area contributed by atoms with Crippen LogP contribution in [0.2, 0.25) is 0 Å². The van der Waals surface area contributed by atoms with E-state index in [0.29, 0.717) is 0 Å². The molecular formula is C13H22N2O7. The largest absolute Gasteiger partial charge is 0.480 e. The first kappa shape index (κ1) is 19.7. The smallest absolute Gasteiger partial charge is 0.408 e. The minimum atomic E-state index is -1.22. The zero-order chi connectivity index (χ0) is 17.3. The Labute approximate surface area is 128 Å². The van der Waals surface area contributed by atoms with Crippen molar-refractivity contribution in [3.8, 4) is 0 Å². The number of esters is 1. The molecule has 3 N–H and O–H groups in total. The van der Waals surface area contributed by atoms with E-state index in [4.69, 9.17) is 9.84 Å². The van der Waals surface area contributed by atoms with E-state index in [0.717, 1.165) is 0 Å². The molecule has 0 heterocycles. The predicted molar refractivity (Wildman–Crippen MR) is 75.1 cm³/mol. The van der Waals surface area contributed by atoms with Crippen molar-refractivity contribution in [1.29, 1.82) is 0 Å². The van der Waals surface area contributed by atoms with Crippen LogP contribution in [0.5, 0.6) is 0 Å². The number of carbonyl (C=O) groups is 4. The lowest BCUT2D eigenvalue weighted by Gasteiger charge is -2.23. The van der Waals surface area contributed by atoms with E-state index < -0.39 is 42.1 Å². The average Bonchev–Trinajstić information content (AvgIpc) is 2.38. The first-order valence-electron chi connectivity index (χ1n) is 6.61. The van der Waals surface area contributed by atoms with E-state index in [1.54, 1.807) is 20.8 Å². The van der Waals surface area contributed by atoms with Crippen LogP contribution in [0.4, 0.5) is 4.79 Å². The third-order valence-electron chi connectivity index (χ3n) is 2.29. The number of alkyl carbamates (subject to hydrolysis) is 1. The number of amides is 2. The summed E-state index contributed by atoms with van der Waals surface area (Å²) in [7, 11) is 1.20. The summed E-state index contributed by atoms with van der Waals surface area (Å²) < 4.78 is 9.47. The summed E-state index contributed by atoms with van der Waals surface area (Å²) in [5.74, 6) is -2.50. The summed E-state index contributed by atoms with van der Waals surface area (Å²) in [6.45, 7) is 4.37. The van der Waals surface area contributed by atoms with Crippen LogP contribution in [0.1, 0.15) is 33.6 Å². The van der Waals surface area contributed by atoms with E-state index in [2.05, 4.69) is 15.4 Å². The molecule has 0 aliphatic rings. The molecule has 0 aliphatic carbocycles. The van der Waals surface area contributed by atoms with Gasteiger partial charge in [-0.2, -0.15) is 0 Å². The van der Waals surface area contributed by atoms with Crippen LogP contribution in [0.25, 0.3) is 0 Å². The lowest BCUT2D eigenvalue weighted by atomic mass is 10.1. The highest BCUT2D eigenvalue weighted by atomic mass is 16.6. The van der Waals surface area contributed by atoms with E-state index in [-0.39, 0.29) is 12.8 Å². The fraction of sp³-hybridized carbons (Fsp3) is 0.692. The van der Waals surface area contributed by atoms with Gasteiger partial charge in [0, 0.05) is 6.42 Å². The summed E-state index contributed by atoms with van der Waals surface area (Å²) in [5.41, 5.74) is -0.755. The predicted octanol–water partition coefficient (Wildman–Crippen LogP) is 0.0337. The van der Waals surface area contributed by atoms with Gasteiger partial charge in [-0.05, 0) is 27.2 Å². The molecule has 0 aromatic rings. The fourth-order valence-corrected chi connectivity index (χ4v) is 1.37. The Bertz CT molecular complexity index is 429. The van der Waals surface area contributed by atoms with Crippen LogP contribution in [0.3, 0.4) is 0 Å². The van der Waals surface area contributed by atoms with Crippen LogP contribution in [0.15, 0.2) is 0 Å². The molecular weight excluding hydrogens is 296 g/mol. The number of hydrogen-bond acceptors (Lipinski definition) is 6. The highest BCUT2D eigenvalue weighted by Gasteiger charge is 2.25. The SMILES string of the molecule is COC(=O)CC[C@H](NC(=O)OC(C)(C)C)C(=O)NCC(=O)O. The molecule has 2 amide bonds. The van der Waals surface area contributed by atoms with Crippen LogP contribution >= 0.6 is 0 Å². The van der Waals surface area contributed by atoms with Crippen LogP contribution in [-0.4, -0.2) is 54.3 Å². The fourth-order valence-electron chi connectivity index (χ4n) is 1.37. The Hall–Kier alpha value is -2.32. The summed E-state index contributed by atoms with van der Waals surface area (Å²) in [4.78, 5) is 45.1. The third-order valence-corrected chi connectivity index (χ3v) is 2.29. The second-order valence-corrected chi connectivity index (χ2v) is 5.43. The van der Waals surface area contributed by atoms with Crippen molar-refractivity contribution in [2.24, 2.45) is 0 Å². The Morgan fingerprint density at radius 1 is 1.18 bits per heavy atom. The molecule has 0 unspecified atom stereocenters. The highest BCUT2D eigenvalue weighted by molar-refractivity contribution is 5.88. The van der Waals surface area contributed by atoms with Gasteiger partial charge >= 0.3 is 18.0 Å². The zero-order valence-electron chi connectivity index (χ0n) is 13.1. The Balaban J connectivity index is 4.69. The van der Waals surface area contributed by atoms with E-state index in [1.807, 2.05) is 0 Å². The van der Waals surface area contributed by atoms with E-state index in [1.165, 1.54) is 7.11 Å². The molecule has 0 saturated carbocycles. The molecule has 126 valence electrons. The number of carboxylic acids is 1. The first-order chi connectivity index (χ1) is 10.0. The van der Waals surface area contributed by atoms with Gasteiger partial charge in [-0.3, -0.25) is 14.4 Å². The quantitative estimate of drug-likeness (QED) is 0.564. The second-order valence-electron chi connectivity index (χ2n) is 5.43. The van der Waals surface area contributed by atoms with Crippen molar-refractivity contribution < 1.29 is 33.8 Å². The van der Waals surface area contributed by atoms with Crippen molar-refractivity contribution >= 4 is 23.9 Å². The standard InChI is InChI=1S/C13H22N2O7/c1-13(2,3)22-12(20)15-8(5-6-10(18)21-4)11(19)14-7-9(16)17/h8H,5-7H2,1-4H3,(H,14,19)(H,15,20)(H,16,17)/t8-/m0/s1. The first-order valence-corrected chi connectivity index (χ1v) is 6.61. The maximum atomic E-state index is 11.9. The number of rotatable bonds is 7. The molecule has 0 aliphatic heterocycles. The number of methoxy groups -OCH3 is 1. The molecule has 0 rings (SSSR count). The number of aliphatic carboxylic acids is 1. The zero-order valence-corrected chi connectivity index (χ0v) is 13.1. The van der Waals surface area contributed by atoms with Crippen molar-refractivity contribution in [2.45, 2.75) is 45.3 Å². The summed E-state index contributed by atoms with van der Waals surface area (Å²) in [5, 5.41) is 13.0. The number of carbonyl (C=O) groups excluding carboxylic acids is 3. The Kier molecular flexibility index (Phi) is 7.92. The average molecular weight is 318 g/mol. The molecule has 1 atom stereocenters. The van der Waals surface area contributed by atoms with Crippen LogP contribution < -0.4 is 10.6 Å². The topological polar surface area (TPSA) is 131 Å². The third kappa shape index (κ3) is 9.56. The van der Waals surface area contributed by atoms with Crippen LogP contribution in [-0.2, 0) is 23.9 Å². The number of nitrogens with one attached hydrogen (secondary N) is 2. The molecule has 0 radical (unpaired) electrons. The van der Waals surface area contributed by atoms with Crippen molar-refractivity contribution in [3.63, 3.8) is 0 Å². The van der Waals surface area contributed by atoms with Gasteiger partial charge in [0.05, 0.1) is 7.11 Å². The molecule has 0 aromatic heterocycles. The van der Waals surface area contributed by atoms with E-state index >= 15 is 0 Å². The molecule has 0 fully saturated rings. The van der Waals surface area contributed by atoms with Gasteiger partial charge in [-0.25, -0.2) is 4.79 Å². The van der Waals surface area contributed by atoms with Gasteiger partial charge < -0.3 is 25.2 Å². The normalized spacial score (nSPS) is 12.0. The Morgan fingerprint density at radius 3 is 2.23 bits per heavy atom. The molecule has 0 aromatic carbocycles. The summed E-state index contributed by atoms with van der Waals surface area (Å²) in [6, 6.07) is -1.10. The lowest BCUT2D eigenvalue weighted by Crippen LogP contribution is -2.49. The minimum Gasteiger partial charge on any atom is -0.480 e. The molecule has 9 heteroatoms. The van der Waals surface area contributed by atoms with Gasteiger partial charge in [0.15, 0.2) is 0 Å². The van der Waals surface area contributed by atoms with Gasteiger partial charge in [0.1, 0.15) is 18.2 Å². The maximum absolute atomic E-state index is 11.9. The number of carboxylic acid groups (broad SMARTS) is 1. The summed E-state index contributed by atoms with van der Waals surface area (Å²) in [6.07, 6.45) is -0.998. The molecule has 9 nitrogen and oxygen atoms in total. The van der Waals surface area contributed by atoms with Crippen LogP contribution in [0, 0.1) is 0 Å². The second kappa shape index (κ2) is 8.85. The van der Waals surface area contributed by atoms with Crippen molar-refractivity contribution in [3.05, 3.63) is 0 Å². The number of ether oxygens (including phenoxy) is 2. The van der Waals surface area contributed by atoms with Gasteiger partial charge in [0.25, 0.3) is 0 Å². The molecule has 0 spiro atoms. The van der Waals surface area contributed by atoms with Gasteiger partial charge in [-0.15, -0.1) is 0 Å². The minimum absolute atomic E-state index is 0.0443. The molecule has 0 saturated heterocycles. The Morgan fingerprint density at radius 2 is 1.77 bits per heavy atom. The molecule has 0 bridgehead atoms. The van der Waals surface area contributed by atoms with Crippen molar-refractivity contribution in [1.82, 2.24) is 10.6 Å². The van der Waals surface area contributed by atoms with Gasteiger partial charge in [0.2, 0.25) is 5.91 Å². The summed E-state index contributed by atoms with van der Waals surface area (Å²) >= 11 is 0. The molecule has 22 heavy (non-hydrogen) atoms. The van der Waals surface area contributed by atoms with Crippen molar-refractivity contribution in [2.75, 3.05) is 13.7 Å². The number of hydrogen-bond donors (Lipinski definition) is 3. The van der Waals surface area contributed by atoms with E-state index in [9.17, 15) is 19.2 Å². The monoisotopic (exact) mass is 318 g/mol. The van der Waals surface area contributed by atoms with Gasteiger partial charge in [-0.1, -0.05) is 0 Å².